The Hall–Kier alpha value is -1.99. The first-order valence-electron chi connectivity index (χ1n) is 4.37. The van der Waals surface area contributed by atoms with Gasteiger partial charge in [-0.15, -0.1) is 0 Å². The van der Waals surface area contributed by atoms with Gasteiger partial charge in [0.2, 0.25) is 0 Å². The van der Waals surface area contributed by atoms with Gasteiger partial charge in [-0.3, -0.25) is 4.90 Å². The zero-order valence-electron chi connectivity index (χ0n) is 7.81. The number of nitrogens with zero attached hydrogens (tertiary/aromatic N) is 1. The summed E-state index contributed by atoms with van der Waals surface area (Å²) in [6, 6.07) is -2.09. The van der Waals surface area contributed by atoms with E-state index in [2.05, 4.69) is 16.0 Å². The van der Waals surface area contributed by atoms with Crippen molar-refractivity contribution in [1.82, 2.24) is 20.9 Å². The van der Waals surface area contributed by atoms with Crippen molar-refractivity contribution in [2.75, 3.05) is 0 Å². The quantitative estimate of drug-likeness (QED) is 0.457. The maximum Gasteiger partial charge on any atom is 0.321 e. The highest BCUT2D eigenvalue weighted by molar-refractivity contribution is 5.87. The minimum Gasteiger partial charge on any atom is -0.548 e. The number of rotatable bonds is 2. The molecular formula is C7H9N4O4-. The van der Waals surface area contributed by atoms with Crippen LogP contribution in [0.3, 0.4) is 0 Å². The molecule has 15 heavy (non-hydrogen) atoms. The molecule has 2 saturated heterocycles. The Bertz CT molecular complexity index is 344. The van der Waals surface area contributed by atoms with Crippen LogP contribution in [0.5, 0.6) is 0 Å². The van der Waals surface area contributed by atoms with Crippen LogP contribution in [-0.2, 0) is 4.79 Å². The Morgan fingerprint density at radius 3 is 2.67 bits per heavy atom. The molecule has 0 spiro atoms. The highest BCUT2D eigenvalue weighted by Gasteiger charge is 2.47. The van der Waals surface area contributed by atoms with E-state index in [1.807, 2.05) is 0 Å². The van der Waals surface area contributed by atoms with Crippen LogP contribution < -0.4 is 21.1 Å². The van der Waals surface area contributed by atoms with Gasteiger partial charge in [-0.2, -0.15) is 0 Å². The fraction of sp³-hybridized carbons (Fsp3) is 0.571. The van der Waals surface area contributed by atoms with Crippen molar-refractivity contribution in [2.45, 2.75) is 25.3 Å². The van der Waals surface area contributed by atoms with Crippen molar-refractivity contribution in [2.24, 2.45) is 0 Å². The number of aliphatic carboxylic acids is 1. The van der Waals surface area contributed by atoms with E-state index in [-0.39, 0.29) is 0 Å². The van der Waals surface area contributed by atoms with E-state index in [9.17, 15) is 19.5 Å². The summed E-state index contributed by atoms with van der Waals surface area (Å²) in [5.41, 5.74) is 0. The molecule has 0 unspecified atom stereocenters. The van der Waals surface area contributed by atoms with Crippen LogP contribution in [0, 0.1) is 0 Å². The second kappa shape index (κ2) is 3.01. The summed E-state index contributed by atoms with van der Waals surface area (Å²) in [7, 11) is 0. The van der Waals surface area contributed by atoms with Crippen molar-refractivity contribution >= 4 is 18.0 Å². The molecule has 2 rings (SSSR count). The number of carboxylic acids is 1. The van der Waals surface area contributed by atoms with Gasteiger partial charge in [0, 0.05) is 0 Å². The van der Waals surface area contributed by atoms with Crippen LogP contribution in [0.25, 0.3) is 0 Å². The number of carboxylic acid groups (broad SMARTS) is 1. The van der Waals surface area contributed by atoms with E-state index < -0.39 is 36.4 Å². The van der Waals surface area contributed by atoms with E-state index in [1.165, 1.54) is 6.92 Å². The van der Waals surface area contributed by atoms with Gasteiger partial charge in [-0.1, -0.05) is 0 Å². The predicted octanol–water partition coefficient (Wildman–Crippen LogP) is -2.88. The number of carbonyl (C=O) groups excluding carboxylic acids is 3. The van der Waals surface area contributed by atoms with Gasteiger partial charge in [0.15, 0.2) is 0 Å². The van der Waals surface area contributed by atoms with Gasteiger partial charge in [0.25, 0.3) is 0 Å². The summed E-state index contributed by atoms with van der Waals surface area (Å²) in [4.78, 5) is 34.0. The maximum atomic E-state index is 11.4. The largest absolute Gasteiger partial charge is 0.548 e. The SMILES string of the molecule is C[C@@H](C(=O)[O-])N1C(=O)N[C@@H]2NC(=O)N[C@@H]21. The second-order valence-electron chi connectivity index (χ2n) is 3.39. The molecule has 2 fully saturated rings. The maximum absolute atomic E-state index is 11.4. The molecular weight excluding hydrogens is 204 g/mol. The van der Waals surface area contributed by atoms with E-state index in [1.54, 1.807) is 0 Å². The molecule has 0 bridgehead atoms. The smallest absolute Gasteiger partial charge is 0.321 e. The fourth-order valence-electron chi connectivity index (χ4n) is 1.69. The Labute approximate surface area is 84.6 Å². The summed E-state index contributed by atoms with van der Waals surface area (Å²) in [5.74, 6) is -1.37. The molecule has 2 aliphatic rings. The number of carbonyl (C=O) groups is 3. The lowest BCUT2D eigenvalue weighted by atomic mass is 10.3. The molecule has 0 radical (unpaired) electrons. The first-order chi connectivity index (χ1) is 7.00. The van der Waals surface area contributed by atoms with Crippen molar-refractivity contribution in [3.63, 3.8) is 0 Å². The Kier molecular flexibility index (Phi) is 1.92. The van der Waals surface area contributed by atoms with Crippen LogP contribution in [0.4, 0.5) is 9.59 Å². The van der Waals surface area contributed by atoms with Gasteiger partial charge < -0.3 is 25.9 Å². The van der Waals surface area contributed by atoms with E-state index in [0.29, 0.717) is 0 Å². The number of urea groups is 2. The second-order valence-corrected chi connectivity index (χ2v) is 3.39. The van der Waals surface area contributed by atoms with Crippen LogP contribution in [0.15, 0.2) is 0 Å². The average molecular weight is 213 g/mol. The van der Waals surface area contributed by atoms with Crippen LogP contribution in [-0.4, -0.2) is 41.3 Å². The third-order valence-electron chi connectivity index (χ3n) is 2.45. The Balaban J connectivity index is 2.20. The minimum atomic E-state index is -1.37. The predicted molar refractivity (Wildman–Crippen MR) is 44.1 cm³/mol. The highest BCUT2D eigenvalue weighted by Crippen LogP contribution is 2.16. The molecule has 2 aliphatic heterocycles. The minimum absolute atomic E-state index is 0.444. The third-order valence-corrected chi connectivity index (χ3v) is 2.45. The summed E-state index contributed by atoms with van der Waals surface area (Å²) < 4.78 is 0. The fourth-order valence-corrected chi connectivity index (χ4v) is 1.69. The molecule has 8 nitrogen and oxygen atoms in total. The van der Waals surface area contributed by atoms with Crippen molar-refractivity contribution < 1.29 is 19.5 Å². The molecule has 0 saturated carbocycles. The average Bonchev–Trinajstić information content (AvgIpc) is 2.58. The van der Waals surface area contributed by atoms with Gasteiger partial charge in [-0.05, 0) is 6.92 Å². The number of amides is 4. The van der Waals surface area contributed by atoms with E-state index >= 15 is 0 Å². The molecule has 3 N–H and O–H groups in total. The molecule has 4 amide bonds. The summed E-state index contributed by atoms with van der Waals surface area (Å²) in [6.07, 6.45) is -1.27. The molecule has 2 heterocycles. The number of hydrogen-bond acceptors (Lipinski definition) is 4. The molecule has 8 heteroatoms. The molecule has 0 aromatic heterocycles. The summed E-state index contributed by atoms with van der Waals surface area (Å²) in [6.45, 7) is 1.32. The van der Waals surface area contributed by atoms with Crippen LogP contribution in [0.2, 0.25) is 0 Å². The normalized spacial score (nSPS) is 30.3. The third kappa shape index (κ3) is 1.34. The summed E-state index contributed by atoms with van der Waals surface area (Å²) >= 11 is 0. The molecule has 0 aromatic rings. The lowest BCUT2D eigenvalue weighted by Crippen LogP contribution is -2.54. The van der Waals surface area contributed by atoms with Gasteiger partial charge in [0.1, 0.15) is 12.3 Å². The topological polar surface area (TPSA) is 114 Å². The van der Waals surface area contributed by atoms with E-state index in [0.717, 1.165) is 4.90 Å². The van der Waals surface area contributed by atoms with Crippen molar-refractivity contribution in [3.8, 4) is 0 Å². The number of nitrogens with one attached hydrogen (secondary N) is 3. The zero-order valence-corrected chi connectivity index (χ0v) is 7.81. The number of fused-ring (bicyclic) bond motifs is 1. The molecule has 0 aromatic carbocycles. The molecule has 3 atom stereocenters. The monoisotopic (exact) mass is 213 g/mol. The van der Waals surface area contributed by atoms with Gasteiger partial charge in [-0.25, -0.2) is 9.59 Å². The Morgan fingerprint density at radius 1 is 1.40 bits per heavy atom. The van der Waals surface area contributed by atoms with E-state index in [4.69, 9.17) is 0 Å². The lowest BCUT2D eigenvalue weighted by Gasteiger charge is -2.28. The van der Waals surface area contributed by atoms with Crippen LogP contribution >= 0.6 is 0 Å². The van der Waals surface area contributed by atoms with Crippen molar-refractivity contribution in [1.29, 1.82) is 0 Å². The summed E-state index contributed by atoms with van der Waals surface area (Å²) in [5, 5.41) is 17.9. The highest BCUT2D eigenvalue weighted by atomic mass is 16.4. The standard InChI is InChI=1S/C7H10N4O4/c1-2(5(12)13)11-4-3(9-7(11)15)8-6(14)10-4/h2-4H,1H3,(H,9,15)(H,12,13)(H2,8,10,14)/p-1/t2-,3-,4+/m0/s1. The number of hydrogen-bond donors (Lipinski definition) is 3. The van der Waals surface area contributed by atoms with Crippen LogP contribution in [0.1, 0.15) is 6.92 Å². The molecule has 0 aliphatic carbocycles. The van der Waals surface area contributed by atoms with Crippen molar-refractivity contribution in [3.05, 3.63) is 0 Å². The first-order valence-corrected chi connectivity index (χ1v) is 4.37. The zero-order chi connectivity index (χ0) is 11.2. The molecule has 82 valence electrons. The first kappa shape index (κ1) is 9.56. The van der Waals surface area contributed by atoms with Gasteiger partial charge in [0.05, 0.1) is 12.0 Å². The lowest BCUT2D eigenvalue weighted by molar-refractivity contribution is -0.310. The Morgan fingerprint density at radius 2 is 2.07 bits per heavy atom. The van der Waals surface area contributed by atoms with Gasteiger partial charge >= 0.3 is 12.1 Å².